The van der Waals surface area contributed by atoms with Gasteiger partial charge in [0.2, 0.25) is 0 Å². The van der Waals surface area contributed by atoms with Crippen molar-refractivity contribution in [3.05, 3.63) is 26.7 Å². The number of hydrogen-bond acceptors (Lipinski definition) is 4. The molecule has 4 N–H and O–H groups in total. The molecule has 2 aromatic rings. The quantitative estimate of drug-likeness (QED) is 0.573. The van der Waals surface area contributed by atoms with Crippen molar-refractivity contribution in [1.82, 2.24) is 19.9 Å². The van der Waals surface area contributed by atoms with E-state index in [-0.39, 0.29) is 12.5 Å². The van der Waals surface area contributed by atoms with Gasteiger partial charge in [-0.2, -0.15) is 0 Å². The van der Waals surface area contributed by atoms with Gasteiger partial charge < -0.3 is 10.1 Å². The first kappa shape index (κ1) is 13.5. The summed E-state index contributed by atoms with van der Waals surface area (Å²) < 4.78 is 0. The minimum Gasteiger partial charge on any atom is -0.396 e. The SMILES string of the molecule is CC(CCCCCO)c1nc2[nH]c(=O)[nH]c(=O)c2[nH]1. The average Bonchev–Trinajstić information content (AvgIpc) is 2.78. The van der Waals surface area contributed by atoms with Crippen LogP contribution in [-0.4, -0.2) is 31.6 Å². The van der Waals surface area contributed by atoms with Gasteiger partial charge in [0.25, 0.3) is 5.56 Å². The number of nitrogens with zero attached hydrogens (tertiary/aromatic N) is 1. The van der Waals surface area contributed by atoms with Gasteiger partial charge in [-0.05, 0) is 12.8 Å². The Morgan fingerprint density at radius 3 is 2.68 bits per heavy atom. The number of rotatable bonds is 6. The Labute approximate surface area is 109 Å². The summed E-state index contributed by atoms with van der Waals surface area (Å²) in [6.07, 6.45) is 3.69. The first-order valence-electron chi connectivity index (χ1n) is 6.45. The van der Waals surface area contributed by atoms with Crippen LogP contribution < -0.4 is 11.2 Å². The van der Waals surface area contributed by atoms with Gasteiger partial charge in [0.1, 0.15) is 11.3 Å². The van der Waals surface area contributed by atoms with Crippen molar-refractivity contribution < 1.29 is 5.11 Å². The lowest BCUT2D eigenvalue weighted by Crippen LogP contribution is -2.21. The number of H-pyrrole nitrogens is 3. The Morgan fingerprint density at radius 1 is 1.16 bits per heavy atom. The number of imidazole rings is 1. The van der Waals surface area contributed by atoms with Gasteiger partial charge in [-0.1, -0.05) is 19.8 Å². The molecule has 0 aliphatic heterocycles. The maximum Gasteiger partial charge on any atom is 0.327 e. The minimum atomic E-state index is -0.550. The predicted octanol–water partition coefficient (Wildman–Crippen LogP) is 0.596. The van der Waals surface area contributed by atoms with Crippen molar-refractivity contribution in [2.75, 3.05) is 6.61 Å². The zero-order valence-electron chi connectivity index (χ0n) is 10.8. The molecule has 0 aromatic carbocycles. The monoisotopic (exact) mass is 266 g/mol. The van der Waals surface area contributed by atoms with Crippen molar-refractivity contribution in [1.29, 1.82) is 0 Å². The molecule has 1 atom stereocenters. The highest BCUT2D eigenvalue weighted by Crippen LogP contribution is 2.20. The zero-order chi connectivity index (χ0) is 13.8. The van der Waals surface area contributed by atoms with E-state index in [9.17, 15) is 9.59 Å². The molecule has 1 unspecified atom stereocenters. The van der Waals surface area contributed by atoms with Crippen molar-refractivity contribution >= 4 is 11.2 Å². The topological polar surface area (TPSA) is 115 Å². The predicted molar refractivity (Wildman–Crippen MR) is 71.3 cm³/mol. The second kappa shape index (κ2) is 5.83. The summed E-state index contributed by atoms with van der Waals surface area (Å²) in [5, 5.41) is 8.71. The van der Waals surface area contributed by atoms with Gasteiger partial charge in [-0.25, -0.2) is 9.78 Å². The van der Waals surface area contributed by atoms with Gasteiger partial charge in [-0.15, -0.1) is 0 Å². The van der Waals surface area contributed by atoms with Crippen LogP contribution in [-0.2, 0) is 0 Å². The summed E-state index contributed by atoms with van der Waals surface area (Å²) in [7, 11) is 0. The maximum absolute atomic E-state index is 11.6. The summed E-state index contributed by atoms with van der Waals surface area (Å²) in [6.45, 7) is 2.23. The Bertz CT molecular complexity index is 655. The number of aromatic nitrogens is 4. The Hall–Kier alpha value is -1.89. The summed E-state index contributed by atoms with van der Waals surface area (Å²) in [5.41, 5.74) is -0.404. The van der Waals surface area contributed by atoms with E-state index in [1.165, 1.54) is 0 Å². The number of aliphatic hydroxyl groups excluding tert-OH is 1. The van der Waals surface area contributed by atoms with Crippen molar-refractivity contribution in [3.63, 3.8) is 0 Å². The van der Waals surface area contributed by atoms with Crippen LogP contribution in [0.25, 0.3) is 11.2 Å². The van der Waals surface area contributed by atoms with E-state index in [1.54, 1.807) is 0 Å². The van der Waals surface area contributed by atoms with Crippen molar-refractivity contribution in [3.8, 4) is 0 Å². The normalized spacial score (nSPS) is 12.9. The van der Waals surface area contributed by atoms with Crippen LogP contribution in [0.4, 0.5) is 0 Å². The summed E-state index contributed by atoms with van der Waals surface area (Å²) in [4.78, 5) is 34.6. The van der Waals surface area contributed by atoms with E-state index in [4.69, 9.17) is 5.11 Å². The summed E-state index contributed by atoms with van der Waals surface area (Å²) in [6, 6.07) is 0. The molecule has 7 heteroatoms. The Kier molecular flexibility index (Phi) is 4.16. The Morgan fingerprint density at radius 2 is 1.95 bits per heavy atom. The molecule has 0 spiro atoms. The molecule has 0 radical (unpaired) electrons. The molecule has 19 heavy (non-hydrogen) atoms. The molecule has 0 fully saturated rings. The third-order valence-corrected chi connectivity index (χ3v) is 3.17. The van der Waals surface area contributed by atoms with Crippen molar-refractivity contribution in [2.45, 2.75) is 38.5 Å². The van der Waals surface area contributed by atoms with E-state index in [1.807, 2.05) is 6.92 Å². The largest absolute Gasteiger partial charge is 0.396 e. The number of hydrogen-bond donors (Lipinski definition) is 4. The molecule has 7 nitrogen and oxygen atoms in total. The molecule has 0 saturated heterocycles. The zero-order valence-corrected chi connectivity index (χ0v) is 10.8. The molecular weight excluding hydrogens is 248 g/mol. The lowest BCUT2D eigenvalue weighted by Gasteiger charge is -2.07. The average molecular weight is 266 g/mol. The van der Waals surface area contributed by atoms with Crippen LogP contribution in [0.15, 0.2) is 9.59 Å². The fourth-order valence-electron chi connectivity index (χ4n) is 2.06. The van der Waals surface area contributed by atoms with Crippen LogP contribution in [0.3, 0.4) is 0 Å². The lowest BCUT2D eigenvalue weighted by atomic mass is 10.0. The van der Waals surface area contributed by atoms with E-state index in [0.29, 0.717) is 17.0 Å². The molecule has 0 aliphatic rings. The molecular formula is C12H18N4O3. The first-order valence-corrected chi connectivity index (χ1v) is 6.45. The van der Waals surface area contributed by atoms with E-state index < -0.39 is 11.2 Å². The summed E-state index contributed by atoms with van der Waals surface area (Å²) in [5.74, 6) is 0.875. The smallest absolute Gasteiger partial charge is 0.327 e. The van der Waals surface area contributed by atoms with Crippen molar-refractivity contribution in [2.24, 2.45) is 0 Å². The van der Waals surface area contributed by atoms with Gasteiger partial charge >= 0.3 is 5.69 Å². The number of unbranched alkanes of at least 4 members (excludes halogenated alkanes) is 2. The Balaban J connectivity index is 2.14. The maximum atomic E-state index is 11.6. The fourth-order valence-corrected chi connectivity index (χ4v) is 2.06. The van der Waals surface area contributed by atoms with Gasteiger partial charge in [-0.3, -0.25) is 14.8 Å². The number of aromatic amines is 3. The van der Waals surface area contributed by atoms with Crippen LogP contribution in [0.2, 0.25) is 0 Å². The molecule has 0 bridgehead atoms. The lowest BCUT2D eigenvalue weighted by molar-refractivity contribution is 0.282. The van der Waals surface area contributed by atoms with Crippen LogP contribution in [0.1, 0.15) is 44.3 Å². The van der Waals surface area contributed by atoms with Gasteiger partial charge in [0, 0.05) is 12.5 Å². The molecule has 2 rings (SSSR count). The third kappa shape index (κ3) is 3.11. The van der Waals surface area contributed by atoms with Crippen LogP contribution in [0, 0.1) is 0 Å². The first-order chi connectivity index (χ1) is 9.11. The molecule has 2 aromatic heterocycles. The second-order valence-electron chi connectivity index (χ2n) is 4.73. The molecule has 2 heterocycles. The molecule has 104 valence electrons. The minimum absolute atomic E-state index is 0.175. The number of aliphatic hydroxyl groups is 1. The highest BCUT2D eigenvalue weighted by Gasteiger charge is 2.13. The van der Waals surface area contributed by atoms with Crippen LogP contribution in [0.5, 0.6) is 0 Å². The van der Waals surface area contributed by atoms with Crippen LogP contribution >= 0.6 is 0 Å². The standard InChI is InChI=1S/C12H18N4O3/c1-7(5-3-2-4-6-17)9-13-8-10(14-9)15-12(19)16-11(8)18/h7,17H,2-6H2,1H3,(H3,13,14,15,16,18,19). The molecule has 0 saturated carbocycles. The van der Waals surface area contributed by atoms with E-state index in [2.05, 4.69) is 19.9 Å². The fraction of sp³-hybridized carbons (Fsp3) is 0.583. The molecule has 0 amide bonds. The van der Waals surface area contributed by atoms with Gasteiger partial charge in [0.15, 0.2) is 5.65 Å². The number of fused-ring (bicyclic) bond motifs is 1. The second-order valence-corrected chi connectivity index (χ2v) is 4.73. The van der Waals surface area contributed by atoms with E-state index in [0.717, 1.165) is 25.7 Å². The van der Waals surface area contributed by atoms with Gasteiger partial charge in [0.05, 0.1) is 0 Å². The summed E-state index contributed by atoms with van der Waals surface area (Å²) >= 11 is 0. The molecule has 0 aliphatic carbocycles. The number of nitrogens with one attached hydrogen (secondary N) is 3. The highest BCUT2D eigenvalue weighted by atomic mass is 16.3. The third-order valence-electron chi connectivity index (χ3n) is 3.17. The highest BCUT2D eigenvalue weighted by molar-refractivity contribution is 5.68. The van der Waals surface area contributed by atoms with E-state index >= 15 is 0 Å².